The van der Waals surface area contributed by atoms with E-state index < -0.39 is 6.10 Å². The zero-order chi connectivity index (χ0) is 19.7. The molecule has 1 unspecified atom stereocenters. The maximum atomic E-state index is 10.6. The fourth-order valence-corrected chi connectivity index (χ4v) is 4.60. The third kappa shape index (κ3) is 4.99. The topological polar surface area (TPSA) is 52.9 Å². The van der Waals surface area contributed by atoms with E-state index in [1.54, 1.807) is 0 Å². The van der Waals surface area contributed by atoms with Gasteiger partial charge in [-0.05, 0) is 76.6 Å². The number of nitrogens with zero attached hydrogens (tertiary/aromatic N) is 1. The third-order valence-electron chi connectivity index (χ3n) is 5.63. The second kappa shape index (κ2) is 7.87. The number of hydrogen-bond donors (Lipinski definition) is 2. The third-order valence-corrected chi connectivity index (χ3v) is 5.63. The number of β-amino-alcohol motifs (C(OH)–C–C–N with tert-alkyl or cyclic N) is 1. The van der Waals surface area contributed by atoms with Crippen molar-refractivity contribution in [3.05, 3.63) is 29.3 Å². The lowest BCUT2D eigenvalue weighted by Gasteiger charge is -2.54. The highest BCUT2D eigenvalue weighted by Crippen LogP contribution is 2.38. The molecule has 1 heterocycles. The summed E-state index contributed by atoms with van der Waals surface area (Å²) in [7, 11) is 0. The quantitative estimate of drug-likeness (QED) is 0.805. The summed E-state index contributed by atoms with van der Waals surface area (Å²) in [5.41, 5.74) is 2.24. The smallest absolute Gasteiger partial charge is 0.119 e. The highest BCUT2D eigenvalue weighted by molar-refractivity contribution is 5.36. The number of rotatable bonds is 6. The maximum Gasteiger partial charge on any atom is 0.119 e. The summed E-state index contributed by atoms with van der Waals surface area (Å²) in [5, 5.41) is 20.7. The Morgan fingerprint density at radius 3 is 2.23 bits per heavy atom. The highest BCUT2D eigenvalue weighted by atomic mass is 16.5. The molecule has 0 saturated carbocycles. The first kappa shape index (κ1) is 21.2. The largest absolute Gasteiger partial charge is 0.491 e. The Morgan fingerprint density at radius 2 is 1.73 bits per heavy atom. The summed E-state index contributed by atoms with van der Waals surface area (Å²) in [5.74, 6) is 1.30. The van der Waals surface area contributed by atoms with Crippen LogP contribution in [0, 0.1) is 6.92 Å². The van der Waals surface area contributed by atoms with Crippen molar-refractivity contribution in [1.29, 1.82) is 0 Å². The Hall–Kier alpha value is -1.10. The number of piperidine rings is 1. The normalized spacial score (nSPS) is 21.8. The van der Waals surface area contributed by atoms with Crippen LogP contribution in [-0.2, 0) is 0 Å². The molecule has 0 aliphatic carbocycles. The molecule has 4 heteroatoms. The van der Waals surface area contributed by atoms with E-state index in [9.17, 15) is 10.2 Å². The molecule has 1 aliphatic heterocycles. The minimum atomic E-state index is -0.575. The van der Waals surface area contributed by atoms with Gasteiger partial charge in [-0.15, -0.1) is 0 Å². The van der Waals surface area contributed by atoms with Crippen LogP contribution in [0.25, 0.3) is 0 Å². The molecule has 0 amide bonds. The summed E-state index contributed by atoms with van der Waals surface area (Å²) in [6.45, 7) is 15.8. The minimum absolute atomic E-state index is 0.155. The Balaban J connectivity index is 1.98. The van der Waals surface area contributed by atoms with E-state index in [1.165, 1.54) is 11.1 Å². The minimum Gasteiger partial charge on any atom is -0.491 e. The van der Waals surface area contributed by atoms with Crippen molar-refractivity contribution >= 4 is 0 Å². The molecule has 4 nitrogen and oxygen atoms in total. The number of ether oxygens (including phenoxy) is 1. The molecular weight excluding hydrogens is 326 g/mol. The SMILES string of the molecule is Cc1cc(OCC(O)CN2C(C)(C)CC(O)CC2(C)C)ccc1C(C)C. The maximum absolute atomic E-state index is 10.6. The molecule has 2 rings (SSSR count). The van der Waals surface area contributed by atoms with Crippen LogP contribution in [0.15, 0.2) is 18.2 Å². The Kier molecular flexibility index (Phi) is 6.42. The van der Waals surface area contributed by atoms with E-state index in [-0.39, 0.29) is 23.8 Å². The lowest BCUT2D eigenvalue weighted by atomic mass is 9.78. The molecule has 0 aromatic heterocycles. The zero-order valence-corrected chi connectivity index (χ0v) is 17.5. The van der Waals surface area contributed by atoms with Gasteiger partial charge in [-0.3, -0.25) is 4.90 Å². The molecule has 1 aliphatic rings. The van der Waals surface area contributed by atoms with Gasteiger partial charge in [0.2, 0.25) is 0 Å². The van der Waals surface area contributed by atoms with Crippen LogP contribution in [0.2, 0.25) is 0 Å². The first-order chi connectivity index (χ1) is 11.9. The van der Waals surface area contributed by atoms with Crippen molar-refractivity contribution in [2.75, 3.05) is 13.2 Å². The second-order valence-electron chi connectivity index (χ2n) is 9.44. The van der Waals surface area contributed by atoms with E-state index in [0.29, 0.717) is 12.5 Å². The van der Waals surface area contributed by atoms with Crippen LogP contribution in [0.1, 0.15) is 71.4 Å². The summed E-state index contributed by atoms with van der Waals surface area (Å²) >= 11 is 0. The van der Waals surface area contributed by atoms with E-state index in [2.05, 4.69) is 59.4 Å². The molecule has 0 spiro atoms. The van der Waals surface area contributed by atoms with Gasteiger partial charge in [-0.1, -0.05) is 19.9 Å². The van der Waals surface area contributed by atoms with Crippen LogP contribution in [0.5, 0.6) is 5.75 Å². The molecule has 1 saturated heterocycles. The van der Waals surface area contributed by atoms with Crippen LogP contribution in [0.3, 0.4) is 0 Å². The first-order valence-electron chi connectivity index (χ1n) is 9.79. The Morgan fingerprint density at radius 1 is 1.15 bits per heavy atom. The first-order valence-corrected chi connectivity index (χ1v) is 9.79. The molecular formula is C22H37NO3. The molecule has 0 bridgehead atoms. The van der Waals surface area contributed by atoms with Gasteiger partial charge >= 0.3 is 0 Å². The monoisotopic (exact) mass is 363 g/mol. The number of aryl methyl sites for hydroxylation is 1. The molecule has 1 aromatic rings. The van der Waals surface area contributed by atoms with Crippen LogP contribution < -0.4 is 4.74 Å². The molecule has 2 N–H and O–H groups in total. The van der Waals surface area contributed by atoms with Crippen molar-refractivity contribution in [2.45, 2.75) is 90.5 Å². The highest BCUT2D eigenvalue weighted by Gasteiger charge is 2.45. The van der Waals surface area contributed by atoms with Gasteiger partial charge in [-0.2, -0.15) is 0 Å². The van der Waals surface area contributed by atoms with Crippen molar-refractivity contribution in [3.63, 3.8) is 0 Å². The fraction of sp³-hybridized carbons (Fsp3) is 0.727. The average molecular weight is 364 g/mol. The van der Waals surface area contributed by atoms with Gasteiger partial charge in [0.05, 0.1) is 6.10 Å². The molecule has 1 aromatic carbocycles. The summed E-state index contributed by atoms with van der Waals surface area (Å²) in [6.07, 6.45) is 0.584. The summed E-state index contributed by atoms with van der Waals surface area (Å²) in [4.78, 5) is 2.31. The van der Waals surface area contributed by atoms with Gasteiger partial charge < -0.3 is 14.9 Å². The molecule has 148 valence electrons. The van der Waals surface area contributed by atoms with Crippen LogP contribution in [0.4, 0.5) is 0 Å². The number of hydrogen-bond acceptors (Lipinski definition) is 4. The van der Waals surface area contributed by atoms with Crippen molar-refractivity contribution < 1.29 is 14.9 Å². The lowest BCUT2D eigenvalue weighted by Crippen LogP contribution is -2.63. The summed E-state index contributed by atoms with van der Waals surface area (Å²) < 4.78 is 5.86. The number of likely N-dealkylation sites (tertiary alicyclic amines) is 1. The molecule has 0 radical (unpaired) electrons. The second-order valence-corrected chi connectivity index (χ2v) is 9.44. The van der Waals surface area contributed by atoms with Crippen LogP contribution in [-0.4, -0.2) is 51.6 Å². The Labute approximate surface area is 159 Å². The van der Waals surface area contributed by atoms with Gasteiger partial charge in [0.15, 0.2) is 0 Å². The van der Waals surface area contributed by atoms with Gasteiger partial charge in [0, 0.05) is 17.6 Å². The van der Waals surface area contributed by atoms with Crippen LogP contribution >= 0.6 is 0 Å². The van der Waals surface area contributed by atoms with E-state index in [4.69, 9.17) is 4.74 Å². The zero-order valence-electron chi connectivity index (χ0n) is 17.5. The predicted molar refractivity (Wildman–Crippen MR) is 107 cm³/mol. The van der Waals surface area contributed by atoms with E-state index >= 15 is 0 Å². The predicted octanol–water partition coefficient (Wildman–Crippen LogP) is 3.87. The molecule has 26 heavy (non-hydrogen) atoms. The summed E-state index contributed by atoms with van der Waals surface area (Å²) in [6, 6.07) is 6.15. The average Bonchev–Trinajstić information content (AvgIpc) is 2.47. The number of benzene rings is 1. The molecule has 1 atom stereocenters. The van der Waals surface area contributed by atoms with E-state index in [1.807, 2.05) is 12.1 Å². The lowest BCUT2D eigenvalue weighted by molar-refractivity contribution is -0.1000. The molecule has 1 fully saturated rings. The van der Waals surface area contributed by atoms with Gasteiger partial charge in [0.1, 0.15) is 18.5 Å². The number of aliphatic hydroxyl groups excluding tert-OH is 2. The van der Waals surface area contributed by atoms with Gasteiger partial charge in [0.25, 0.3) is 0 Å². The number of aliphatic hydroxyl groups is 2. The Bertz CT molecular complexity index is 591. The van der Waals surface area contributed by atoms with E-state index in [0.717, 1.165) is 18.6 Å². The van der Waals surface area contributed by atoms with Gasteiger partial charge in [-0.25, -0.2) is 0 Å². The van der Waals surface area contributed by atoms with Crippen molar-refractivity contribution in [1.82, 2.24) is 4.90 Å². The van der Waals surface area contributed by atoms with Crippen molar-refractivity contribution in [2.24, 2.45) is 0 Å². The van der Waals surface area contributed by atoms with Crippen molar-refractivity contribution in [3.8, 4) is 5.75 Å². The standard InChI is InChI=1S/C22H37NO3/c1-15(2)20-9-8-19(10-16(20)3)26-14-18(25)13-23-21(4,5)11-17(24)12-22(23,6)7/h8-10,15,17-18,24-25H,11-14H2,1-7H3. The fourth-order valence-electron chi connectivity index (χ4n) is 4.60.